The van der Waals surface area contributed by atoms with Crippen LogP contribution in [0, 0.1) is 0 Å². The largest absolute Gasteiger partial charge is 0.482 e. The Kier molecular flexibility index (Phi) is 7.44. The summed E-state index contributed by atoms with van der Waals surface area (Å²) >= 11 is 0. The topological polar surface area (TPSA) is 70.7 Å². The lowest BCUT2D eigenvalue weighted by molar-refractivity contribution is -0.121. The highest BCUT2D eigenvalue weighted by Crippen LogP contribution is 2.35. The van der Waals surface area contributed by atoms with Crippen molar-refractivity contribution in [2.24, 2.45) is 0 Å². The Labute approximate surface area is 213 Å². The van der Waals surface area contributed by atoms with Crippen molar-refractivity contribution in [1.82, 2.24) is 5.32 Å². The van der Waals surface area contributed by atoms with Gasteiger partial charge < -0.3 is 20.3 Å². The summed E-state index contributed by atoms with van der Waals surface area (Å²) in [5.74, 6) is 0.549. The van der Waals surface area contributed by atoms with Gasteiger partial charge in [0.05, 0.1) is 11.2 Å². The van der Waals surface area contributed by atoms with Gasteiger partial charge in [0.2, 0.25) is 0 Å². The van der Waals surface area contributed by atoms with Gasteiger partial charge in [-0.3, -0.25) is 4.79 Å². The van der Waals surface area contributed by atoms with E-state index in [4.69, 9.17) is 4.74 Å². The maximum atomic E-state index is 12.9. The zero-order chi connectivity index (χ0) is 25.7. The molecule has 0 saturated carbocycles. The van der Waals surface area contributed by atoms with Crippen LogP contribution >= 0.6 is 0 Å². The Balaban J connectivity index is 1.44. The summed E-state index contributed by atoms with van der Waals surface area (Å²) in [6.45, 7) is 10.5. The van der Waals surface area contributed by atoms with Crippen molar-refractivity contribution in [2.45, 2.75) is 39.2 Å². The summed E-state index contributed by atoms with van der Waals surface area (Å²) in [4.78, 5) is 27.3. The number of anilines is 2. The van der Waals surface area contributed by atoms with Crippen molar-refractivity contribution in [3.8, 4) is 5.75 Å². The molecule has 0 spiro atoms. The molecule has 3 aromatic rings. The molecule has 186 valence electrons. The normalized spacial score (nSPS) is 13.0. The minimum Gasteiger partial charge on any atom is -0.482 e. The van der Waals surface area contributed by atoms with Crippen molar-refractivity contribution >= 4 is 28.9 Å². The van der Waals surface area contributed by atoms with Crippen molar-refractivity contribution in [3.63, 3.8) is 0 Å². The highest BCUT2D eigenvalue weighted by molar-refractivity contribution is 5.99. The van der Waals surface area contributed by atoms with Gasteiger partial charge in [-0.05, 0) is 74.6 Å². The van der Waals surface area contributed by atoms with E-state index < -0.39 is 5.54 Å². The predicted octanol–water partition coefficient (Wildman–Crippen LogP) is 6.13. The zero-order valence-corrected chi connectivity index (χ0v) is 21.1. The second kappa shape index (κ2) is 10.7. The van der Waals surface area contributed by atoms with Gasteiger partial charge in [-0.15, -0.1) is 0 Å². The molecule has 0 bridgehead atoms. The molecule has 1 heterocycles. The van der Waals surface area contributed by atoms with Crippen LogP contribution in [0.25, 0.3) is 5.57 Å². The van der Waals surface area contributed by atoms with Gasteiger partial charge in [0, 0.05) is 12.2 Å². The number of carbonyl (C=O) groups is 2. The average Bonchev–Trinajstić information content (AvgIpc) is 2.85. The lowest BCUT2D eigenvalue weighted by atomic mass is 9.92. The van der Waals surface area contributed by atoms with E-state index >= 15 is 0 Å². The van der Waals surface area contributed by atoms with Crippen LogP contribution in [0.2, 0.25) is 0 Å². The SMILES string of the molecule is C=C(C)c1cccc(C(C)(C)NC(=O)Nc2ccc3c(c2)N(CCCc2ccccc2)C(=O)CO3)c1. The third-order valence-corrected chi connectivity index (χ3v) is 6.35. The number of aryl methyl sites for hydroxylation is 1. The lowest BCUT2D eigenvalue weighted by Crippen LogP contribution is -2.43. The molecule has 1 aliphatic rings. The molecule has 0 fully saturated rings. The first-order valence-corrected chi connectivity index (χ1v) is 12.2. The Bertz CT molecular complexity index is 1270. The molecule has 3 amide bonds. The van der Waals surface area contributed by atoms with E-state index in [1.807, 2.05) is 63.2 Å². The van der Waals surface area contributed by atoms with Gasteiger partial charge in [-0.2, -0.15) is 0 Å². The number of benzene rings is 3. The molecule has 6 nitrogen and oxygen atoms in total. The Morgan fingerprint density at radius 1 is 1.06 bits per heavy atom. The van der Waals surface area contributed by atoms with Gasteiger partial charge in [-0.1, -0.05) is 60.7 Å². The first kappa shape index (κ1) is 25.0. The molecular formula is C30H33N3O3. The molecular weight excluding hydrogens is 450 g/mol. The fourth-order valence-corrected chi connectivity index (χ4v) is 4.30. The summed E-state index contributed by atoms with van der Waals surface area (Å²) in [5.41, 5.74) is 4.88. The molecule has 2 N–H and O–H groups in total. The van der Waals surface area contributed by atoms with Crippen LogP contribution in [-0.2, 0) is 16.8 Å². The van der Waals surface area contributed by atoms with Gasteiger partial charge in [0.15, 0.2) is 6.61 Å². The summed E-state index contributed by atoms with van der Waals surface area (Å²) in [6.07, 6.45) is 1.70. The van der Waals surface area contributed by atoms with Crippen LogP contribution in [0.4, 0.5) is 16.2 Å². The molecule has 0 atom stereocenters. The van der Waals surface area contributed by atoms with Crippen LogP contribution in [0.5, 0.6) is 5.75 Å². The molecule has 36 heavy (non-hydrogen) atoms. The predicted molar refractivity (Wildman–Crippen MR) is 145 cm³/mol. The van der Waals surface area contributed by atoms with E-state index in [0.717, 1.165) is 29.5 Å². The number of nitrogens with one attached hydrogen (secondary N) is 2. The Hall–Kier alpha value is -4.06. The fraction of sp³-hybridized carbons (Fsp3) is 0.267. The first-order chi connectivity index (χ1) is 17.2. The van der Waals surface area contributed by atoms with Crippen molar-refractivity contribution in [2.75, 3.05) is 23.4 Å². The summed E-state index contributed by atoms with van der Waals surface area (Å²) in [7, 11) is 0. The lowest BCUT2D eigenvalue weighted by Gasteiger charge is -2.30. The molecule has 0 unspecified atom stereocenters. The minimum atomic E-state index is -0.605. The van der Waals surface area contributed by atoms with Gasteiger partial charge in [0.25, 0.3) is 5.91 Å². The zero-order valence-electron chi connectivity index (χ0n) is 21.1. The molecule has 0 saturated heterocycles. The van der Waals surface area contributed by atoms with Crippen LogP contribution in [0.3, 0.4) is 0 Å². The molecule has 3 aromatic carbocycles. The van der Waals surface area contributed by atoms with Crippen LogP contribution < -0.4 is 20.3 Å². The van der Waals surface area contributed by atoms with Crippen molar-refractivity contribution in [1.29, 1.82) is 0 Å². The van der Waals surface area contributed by atoms with Crippen LogP contribution in [0.15, 0.2) is 79.4 Å². The summed E-state index contributed by atoms with van der Waals surface area (Å²) in [5, 5.41) is 5.96. The summed E-state index contributed by atoms with van der Waals surface area (Å²) < 4.78 is 5.63. The molecule has 6 heteroatoms. The van der Waals surface area contributed by atoms with E-state index in [9.17, 15) is 9.59 Å². The molecule has 4 rings (SSSR count). The van der Waals surface area contributed by atoms with Crippen molar-refractivity contribution < 1.29 is 14.3 Å². The maximum Gasteiger partial charge on any atom is 0.319 e. The number of nitrogens with zero attached hydrogens (tertiary/aromatic N) is 1. The van der Waals surface area contributed by atoms with Crippen LogP contribution in [-0.4, -0.2) is 25.1 Å². The Morgan fingerprint density at radius 2 is 1.83 bits per heavy atom. The number of rotatable bonds is 8. The van der Waals surface area contributed by atoms with Gasteiger partial charge in [0.1, 0.15) is 5.75 Å². The first-order valence-electron chi connectivity index (χ1n) is 12.2. The van der Waals surface area contributed by atoms with Gasteiger partial charge in [-0.25, -0.2) is 4.79 Å². The number of hydrogen-bond acceptors (Lipinski definition) is 3. The van der Waals surface area contributed by atoms with E-state index in [1.54, 1.807) is 23.1 Å². The standard InChI is InChI=1S/C30H33N3O3/c1-21(2)23-13-8-14-24(18-23)30(3,4)32-29(35)31-25-15-16-27-26(19-25)33(28(34)20-36-27)17-9-12-22-10-6-5-7-11-22/h5-8,10-11,13-16,18-19H,1,9,12,17,20H2,2-4H3,(H2,31,32,35). The molecule has 0 aliphatic carbocycles. The average molecular weight is 484 g/mol. The van der Waals surface area contributed by atoms with Crippen molar-refractivity contribution in [3.05, 3.63) is 96.1 Å². The fourth-order valence-electron chi connectivity index (χ4n) is 4.30. The number of allylic oxidation sites excluding steroid dienone is 1. The molecule has 0 aromatic heterocycles. The van der Waals surface area contributed by atoms with E-state index in [-0.39, 0.29) is 18.5 Å². The highest BCUT2D eigenvalue weighted by Gasteiger charge is 2.27. The molecule has 1 aliphatic heterocycles. The third kappa shape index (κ3) is 5.95. The second-order valence-electron chi connectivity index (χ2n) is 9.67. The van der Waals surface area contributed by atoms with Gasteiger partial charge >= 0.3 is 6.03 Å². The van der Waals surface area contributed by atoms with Crippen LogP contribution in [0.1, 0.15) is 43.9 Å². The third-order valence-electron chi connectivity index (χ3n) is 6.35. The second-order valence-corrected chi connectivity index (χ2v) is 9.67. The van der Waals surface area contributed by atoms with E-state index in [2.05, 4.69) is 29.3 Å². The maximum absolute atomic E-state index is 12.9. The minimum absolute atomic E-state index is 0.0169. The molecule has 0 radical (unpaired) electrons. The monoisotopic (exact) mass is 483 g/mol. The number of hydrogen-bond donors (Lipinski definition) is 2. The van der Waals surface area contributed by atoms with E-state index in [1.165, 1.54) is 5.56 Å². The Morgan fingerprint density at radius 3 is 2.58 bits per heavy atom. The number of ether oxygens (including phenoxy) is 1. The smallest absolute Gasteiger partial charge is 0.319 e. The highest BCUT2D eigenvalue weighted by atomic mass is 16.5. The van der Waals surface area contributed by atoms with E-state index in [0.29, 0.717) is 23.7 Å². The number of amides is 3. The summed E-state index contributed by atoms with van der Waals surface area (Å²) in [6, 6.07) is 23.3. The quantitative estimate of drug-likeness (QED) is 0.405. The number of fused-ring (bicyclic) bond motifs is 1. The number of urea groups is 1. The number of carbonyl (C=O) groups excluding carboxylic acids is 2.